The minimum atomic E-state index is -0.0428. The summed E-state index contributed by atoms with van der Waals surface area (Å²) in [6.07, 6.45) is 0.799. The Morgan fingerprint density at radius 3 is 2.65 bits per heavy atom. The molecule has 0 aliphatic carbocycles. The van der Waals surface area contributed by atoms with Crippen LogP contribution in [0.3, 0.4) is 0 Å². The molecule has 0 atom stereocenters. The molecule has 0 heterocycles. The van der Waals surface area contributed by atoms with E-state index in [1.807, 2.05) is 24.3 Å². The van der Waals surface area contributed by atoms with Crippen molar-refractivity contribution in [1.82, 2.24) is 5.32 Å². The summed E-state index contributed by atoms with van der Waals surface area (Å²) in [7, 11) is 0. The maximum atomic E-state index is 11.7. The topological polar surface area (TPSA) is 38.3 Å². The number of halogens is 2. The van der Waals surface area contributed by atoms with Crippen LogP contribution >= 0.6 is 34.2 Å². The van der Waals surface area contributed by atoms with Gasteiger partial charge in [-0.15, -0.1) is 11.6 Å². The Kier molecular flexibility index (Phi) is 7.55. The van der Waals surface area contributed by atoms with E-state index in [0.29, 0.717) is 31.2 Å². The summed E-state index contributed by atoms with van der Waals surface area (Å²) in [6, 6.07) is 7.47. The van der Waals surface area contributed by atoms with Crippen LogP contribution < -0.4 is 5.32 Å². The first kappa shape index (κ1) is 14.7. The lowest BCUT2D eigenvalue weighted by Gasteiger charge is -2.05. The van der Waals surface area contributed by atoms with Gasteiger partial charge < -0.3 is 10.1 Å². The number of hydrogen-bond acceptors (Lipinski definition) is 2. The SMILES string of the molecule is O=C(NCCCOCCCl)c1ccc(I)cc1. The first-order valence-electron chi connectivity index (χ1n) is 5.41. The van der Waals surface area contributed by atoms with Crippen LogP contribution in [0.25, 0.3) is 0 Å². The minimum absolute atomic E-state index is 0.0428. The highest BCUT2D eigenvalue weighted by Crippen LogP contribution is 2.06. The summed E-state index contributed by atoms with van der Waals surface area (Å²) in [5, 5.41) is 2.84. The molecule has 0 saturated carbocycles. The van der Waals surface area contributed by atoms with Gasteiger partial charge in [0.1, 0.15) is 0 Å². The summed E-state index contributed by atoms with van der Waals surface area (Å²) >= 11 is 7.67. The maximum absolute atomic E-state index is 11.7. The van der Waals surface area contributed by atoms with Crippen LogP contribution in [0.5, 0.6) is 0 Å². The predicted molar refractivity (Wildman–Crippen MR) is 77.6 cm³/mol. The van der Waals surface area contributed by atoms with Crippen molar-refractivity contribution in [2.45, 2.75) is 6.42 Å². The minimum Gasteiger partial charge on any atom is -0.380 e. The van der Waals surface area contributed by atoms with Gasteiger partial charge in [0, 0.05) is 28.2 Å². The predicted octanol–water partition coefficient (Wildman–Crippen LogP) is 2.67. The lowest BCUT2D eigenvalue weighted by Crippen LogP contribution is -2.25. The van der Waals surface area contributed by atoms with Gasteiger partial charge in [-0.2, -0.15) is 0 Å². The van der Waals surface area contributed by atoms with Crippen LogP contribution in [0.4, 0.5) is 0 Å². The molecule has 0 aromatic heterocycles. The second kappa shape index (κ2) is 8.72. The van der Waals surface area contributed by atoms with E-state index in [0.717, 1.165) is 9.99 Å². The molecule has 1 amide bonds. The van der Waals surface area contributed by atoms with Crippen LogP contribution in [0.1, 0.15) is 16.8 Å². The fraction of sp³-hybridized carbons (Fsp3) is 0.417. The Morgan fingerprint density at radius 2 is 2.00 bits per heavy atom. The van der Waals surface area contributed by atoms with Gasteiger partial charge in [-0.1, -0.05) is 0 Å². The van der Waals surface area contributed by atoms with Crippen LogP contribution in [0, 0.1) is 3.57 Å². The third-order valence-electron chi connectivity index (χ3n) is 2.08. The summed E-state index contributed by atoms with van der Waals surface area (Å²) in [4.78, 5) is 11.7. The highest BCUT2D eigenvalue weighted by molar-refractivity contribution is 14.1. The van der Waals surface area contributed by atoms with Crippen LogP contribution in [0.15, 0.2) is 24.3 Å². The Balaban J connectivity index is 2.19. The molecule has 1 aromatic carbocycles. The smallest absolute Gasteiger partial charge is 0.251 e. The van der Waals surface area contributed by atoms with E-state index in [-0.39, 0.29) is 5.91 Å². The number of ether oxygens (including phenoxy) is 1. The second-order valence-corrected chi connectivity index (χ2v) is 5.04. The molecule has 1 aromatic rings. The van der Waals surface area contributed by atoms with E-state index in [9.17, 15) is 4.79 Å². The molecule has 0 aliphatic heterocycles. The van der Waals surface area contributed by atoms with Gasteiger partial charge in [0.2, 0.25) is 0 Å². The van der Waals surface area contributed by atoms with E-state index in [1.54, 1.807) is 0 Å². The lowest BCUT2D eigenvalue weighted by atomic mass is 10.2. The zero-order chi connectivity index (χ0) is 12.5. The number of carbonyl (C=O) groups excluding carboxylic acids is 1. The summed E-state index contributed by atoms with van der Waals surface area (Å²) in [5.41, 5.74) is 0.687. The number of alkyl halides is 1. The molecule has 5 heteroatoms. The van der Waals surface area contributed by atoms with Crippen LogP contribution in [0.2, 0.25) is 0 Å². The molecule has 0 saturated heterocycles. The van der Waals surface area contributed by atoms with Crippen LogP contribution in [-0.4, -0.2) is 31.5 Å². The molecule has 3 nitrogen and oxygen atoms in total. The van der Waals surface area contributed by atoms with Gasteiger partial charge in [-0.05, 0) is 53.3 Å². The van der Waals surface area contributed by atoms with Crippen molar-refractivity contribution in [2.24, 2.45) is 0 Å². The van der Waals surface area contributed by atoms with Crippen molar-refractivity contribution in [3.63, 3.8) is 0 Å². The molecule has 1 N–H and O–H groups in total. The van der Waals surface area contributed by atoms with Crippen molar-refractivity contribution in [3.8, 4) is 0 Å². The van der Waals surface area contributed by atoms with E-state index in [1.165, 1.54) is 0 Å². The summed E-state index contributed by atoms with van der Waals surface area (Å²) in [6.45, 7) is 1.80. The fourth-order valence-electron chi connectivity index (χ4n) is 1.24. The fourth-order valence-corrected chi connectivity index (χ4v) is 1.70. The highest BCUT2D eigenvalue weighted by atomic mass is 127. The van der Waals surface area contributed by atoms with E-state index < -0.39 is 0 Å². The van der Waals surface area contributed by atoms with Gasteiger partial charge in [-0.3, -0.25) is 4.79 Å². The molecule has 94 valence electrons. The van der Waals surface area contributed by atoms with Crippen LogP contribution in [-0.2, 0) is 4.74 Å². The number of nitrogens with one attached hydrogen (secondary N) is 1. The number of benzene rings is 1. The highest BCUT2D eigenvalue weighted by Gasteiger charge is 2.03. The van der Waals surface area contributed by atoms with Crippen molar-refractivity contribution in [1.29, 1.82) is 0 Å². The molecule has 0 radical (unpaired) electrons. The zero-order valence-corrected chi connectivity index (χ0v) is 12.3. The first-order valence-corrected chi connectivity index (χ1v) is 7.03. The number of hydrogen-bond donors (Lipinski definition) is 1. The molecule has 1 rings (SSSR count). The number of amides is 1. The average Bonchev–Trinajstić information content (AvgIpc) is 2.34. The summed E-state index contributed by atoms with van der Waals surface area (Å²) < 4.78 is 6.32. The Labute approximate surface area is 120 Å². The normalized spacial score (nSPS) is 10.2. The molecule has 0 fully saturated rings. The van der Waals surface area contributed by atoms with Crippen molar-refractivity contribution >= 4 is 40.1 Å². The van der Waals surface area contributed by atoms with Gasteiger partial charge in [0.15, 0.2) is 0 Å². The van der Waals surface area contributed by atoms with Crippen molar-refractivity contribution in [2.75, 3.05) is 25.6 Å². The van der Waals surface area contributed by atoms with Crippen molar-refractivity contribution < 1.29 is 9.53 Å². The number of rotatable bonds is 7. The molecule has 17 heavy (non-hydrogen) atoms. The standard InChI is InChI=1S/C12H15ClINO2/c13-6-9-17-8-1-7-15-12(16)10-2-4-11(14)5-3-10/h2-5H,1,6-9H2,(H,15,16). The molecular weight excluding hydrogens is 352 g/mol. The Hall–Kier alpha value is -0.330. The Bertz CT molecular complexity index is 343. The van der Waals surface area contributed by atoms with E-state index in [4.69, 9.17) is 16.3 Å². The van der Waals surface area contributed by atoms with E-state index in [2.05, 4.69) is 27.9 Å². The Morgan fingerprint density at radius 1 is 1.29 bits per heavy atom. The molecule has 0 aliphatic rings. The molecule has 0 spiro atoms. The van der Waals surface area contributed by atoms with Gasteiger partial charge in [0.25, 0.3) is 5.91 Å². The quantitative estimate of drug-likeness (QED) is 0.457. The van der Waals surface area contributed by atoms with Gasteiger partial charge >= 0.3 is 0 Å². The van der Waals surface area contributed by atoms with Gasteiger partial charge in [-0.25, -0.2) is 0 Å². The summed E-state index contributed by atoms with van der Waals surface area (Å²) in [5.74, 6) is 0.466. The largest absolute Gasteiger partial charge is 0.380 e. The lowest BCUT2D eigenvalue weighted by molar-refractivity contribution is 0.0944. The first-order chi connectivity index (χ1) is 8.24. The van der Waals surface area contributed by atoms with E-state index >= 15 is 0 Å². The van der Waals surface area contributed by atoms with Gasteiger partial charge in [0.05, 0.1) is 6.61 Å². The van der Waals surface area contributed by atoms with Crippen molar-refractivity contribution in [3.05, 3.63) is 33.4 Å². The monoisotopic (exact) mass is 367 g/mol. The average molecular weight is 368 g/mol. The zero-order valence-electron chi connectivity index (χ0n) is 9.42. The second-order valence-electron chi connectivity index (χ2n) is 3.42. The molecule has 0 bridgehead atoms. The number of carbonyl (C=O) groups is 1. The molecule has 0 unspecified atom stereocenters. The third kappa shape index (κ3) is 6.24. The third-order valence-corrected chi connectivity index (χ3v) is 2.95. The maximum Gasteiger partial charge on any atom is 0.251 e. The molecular formula is C12H15ClINO2.